The van der Waals surface area contributed by atoms with E-state index in [1.165, 1.54) is 5.01 Å². The first-order valence-corrected chi connectivity index (χ1v) is 6.23. The number of nitrogens with zero attached hydrogens (tertiary/aromatic N) is 1. The van der Waals surface area contributed by atoms with Crippen molar-refractivity contribution >= 4 is 11.3 Å². The molecule has 3 N–H and O–H groups in total. The van der Waals surface area contributed by atoms with Gasteiger partial charge in [-0.25, -0.2) is 4.98 Å². The van der Waals surface area contributed by atoms with Gasteiger partial charge in [0.25, 0.3) is 0 Å². The molecule has 0 saturated heterocycles. The van der Waals surface area contributed by atoms with E-state index in [0.717, 1.165) is 13.1 Å². The van der Waals surface area contributed by atoms with Crippen molar-refractivity contribution in [3.63, 3.8) is 0 Å². The first-order chi connectivity index (χ1) is 7.05. The molecule has 1 aromatic heterocycles. The van der Waals surface area contributed by atoms with Crippen molar-refractivity contribution in [1.82, 2.24) is 10.3 Å². The number of rotatable bonds is 6. The van der Waals surface area contributed by atoms with Gasteiger partial charge in [0.1, 0.15) is 0 Å². The van der Waals surface area contributed by atoms with Gasteiger partial charge in [0.15, 0.2) is 0 Å². The summed E-state index contributed by atoms with van der Waals surface area (Å²) in [5.41, 5.74) is 5.85. The van der Waals surface area contributed by atoms with E-state index in [0.29, 0.717) is 12.5 Å². The molecule has 0 aromatic carbocycles. The Hall–Kier alpha value is -0.450. The smallest absolute Gasteiger partial charge is 0.0965 e. The quantitative estimate of drug-likeness (QED) is 0.779. The highest BCUT2D eigenvalue weighted by Gasteiger charge is 2.15. The minimum absolute atomic E-state index is 0.183. The van der Waals surface area contributed by atoms with E-state index >= 15 is 0 Å². The van der Waals surface area contributed by atoms with E-state index in [-0.39, 0.29) is 5.41 Å². The molecular formula is C11H21N3S. The largest absolute Gasteiger partial charge is 0.330 e. The van der Waals surface area contributed by atoms with Crippen LogP contribution in [0, 0.1) is 5.41 Å². The summed E-state index contributed by atoms with van der Waals surface area (Å²) < 4.78 is 0. The fourth-order valence-corrected chi connectivity index (χ4v) is 1.96. The van der Waals surface area contributed by atoms with Crippen LogP contribution in [0.1, 0.15) is 31.7 Å². The van der Waals surface area contributed by atoms with Crippen LogP contribution in [0.15, 0.2) is 11.6 Å². The van der Waals surface area contributed by atoms with Gasteiger partial charge >= 0.3 is 0 Å². The van der Waals surface area contributed by atoms with E-state index in [4.69, 9.17) is 5.73 Å². The van der Waals surface area contributed by atoms with Crippen LogP contribution < -0.4 is 11.1 Å². The van der Waals surface area contributed by atoms with E-state index in [9.17, 15) is 0 Å². The zero-order valence-corrected chi connectivity index (χ0v) is 10.6. The molecule has 0 amide bonds. The standard InChI is InChI=1S/C11H21N3S/c1-9(10-14-4-5-15-10)6-13-8-11(2,3)7-12/h4-5,9,13H,6-8,12H2,1-3H3. The van der Waals surface area contributed by atoms with Crippen molar-refractivity contribution in [3.05, 3.63) is 16.6 Å². The van der Waals surface area contributed by atoms with Crippen molar-refractivity contribution < 1.29 is 0 Å². The molecule has 0 spiro atoms. The third-order valence-electron chi connectivity index (χ3n) is 2.48. The summed E-state index contributed by atoms with van der Waals surface area (Å²) in [7, 11) is 0. The van der Waals surface area contributed by atoms with Crippen LogP contribution in [-0.2, 0) is 0 Å². The minimum atomic E-state index is 0.183. The predicted octanol–water partition coefficient (Wildman–Crippen LogP) is 1.82. The lowest BCUT2D eigenvalue weighted by Gasteiger charge is -2.23. The topological polar surface area (TPSA) is 50.9 Å². The Labute approximate surface area is 96.1 Å². The van der Waals surface area contributed by atoms with Gasteiger partial charge in [-0.2, -0.15) is 0 Å². The Kier molecular flexibility index (Phi) is 4.70. The Balaban J connectivity index is 2.26. The van der Waals surface area contributed by atoms with Crippen molar-refractivity contribution in [2.24, 2.45) is 11.1 Å². The second-order valence-corrected chi connectivity index (χ2v) is 5.70. The molecule has 15 heavy (non-hydrogen) atoms. The number of nitrogens with two attached hydrogens (primary N) is 1. The van der Waals surface area contributed by atoms with Crippen LogP contribution in [0.2, 0.25) is 0 Å². The summed E-state index contributed by atoms with van der Waals surface area (Å²) in [5, 5.41) is 6.68. The van der Waals surface area contributed by atoms with Gasteiger partial charge in [-0.3, -0.25) is 0 Å². The lowest BCUT2D eigenvalue weighted by Crippen LogP contribution is -2.36. The summed E-state index contributed by atoms with van der Waals surface area (Å²) >= 11 is 1.72. The Morgan fingerprint density at radius 3 is 2.87 bits per heavy atom. The number of aromatic nitrogens is 1. The van der Waals surface area contributed by atoms with E-state index in [1.807, 2.05) is 11.6 Å². The minimum Gasteiger partial charge on any atom is -0.330 e. The molecule has 86 valence electrons. The van der Waals surface area contributed by atoms with Crippen LogP contribution >= 0.6 is 11.3 Å². The summed E-state index contributed by atoms with van der Waals surface area (Å²) in [6, 6.07) is 0. The molecule has 0 aliphatic heterocycles. The van der Waals surface area contributed by atoms with Gasteiger partial charge in [0, 0.05) is 30.6 Å². The van der Waals surface area contributed by atoms with Gasteiger partial charge in [-0.1, -0.05) is 20.8 Å². The Bertz CT molecular complexity index is 269. The van der Waals surface area contributed by atoms with Crippen LogP contribution in [0.4, 0.5) is 0 Å². The molecule has 1 unspecified atom stereocenters. The maximum Gasteiger partial charge on any atom is 0.0965 e. The predicted molar refractivity (Wildman–Crippen MR) is 66.2 cm³/mol. The third-order valence-corrected chi connectivity index (χ3v) is 3.49. The highest BCUT2D eigenvalue weighted by Crippen LogP contribution is 2.17. The maximum absolute atomic E-state index is 5.67. The van der Waals surface area contributed by atoms with Gasteiger partial charge in [-0.15, -0.1) is 11.3 Å². The molecule has 4 heteroatoms. The van der Waals surface area contributed by atoms with Crippen molar-refractivity contribution in [3.8, 4) is 0 Å². The second kappa shape index (κ2) is 5.58. The fourth-order valence-electron chi connectivity index (χ4n) is 1.26. The SMILES string of the molecule is CC(CNCC(C)(C)CN)c1nccs1. The van der Waals surface area contributed by atoms with Crippen LogP contribution in [0.3, 0.4) is 0 Å². The molecule has 0 radical (unpaired) electrons. The lowest BCUT2D eigenvalue weighted by molar-refractivity contribution is 0.349. The Morgan fingerprint density at radius 2 is 2.33 bits per heavy atom. The molecule has 0 fully saturated rings. The second-order valence-electron chi connectivity index (χ2n) is 4.77. The number of nitrogens with one attached hydrogen (secondary N) is 1. The summed E-state index contributed by atoms with van der Waals surface area (Å²) in [4.78, 5) is 4.31. The number of hydrogen-bond acceptors (Lipinski definition) is 4. The van der Waals surface area contributed by atoms with Crippen molar-refractivity contribution in [2.45, 2.75) is 26.7 Å². The lowest BCUT2D eigenvalue weighted by atomic mass is 9.94. The molecule has 3 nitrogen and oxygen atoms in total. The van der Waals surface area contributed by atoms with Gasteiger partial charge in [0.05, 0.1) is 5.01 Å². The molecule has 1 heterocycles. The van der Waals surface area contributed by atoms with Crippen molar-refractivity contribution in [2.75, 3.05) is 19.6 Å². The van der Waals surface area contributed by atoms with Gasteiger partial charge in [-0.05, 0) is 12.0 Å². The summed E-state index contributed by atoms with van der Waals surface area (Å²) in [6.45, 7) is 9.19. The average Bonchev–Trinajstić information content (AvgIpc) is 2.70. The number of thiazole rings is 1. The van der Waals surface area contributed by atoms with Crippen LogP contribution in [-0.4, -0.2) is 24.6 Å². The van der Waals surface area contributed by atoms with E-state index in [2.05, 4.69) is 31.1 Å². The molecular weight excluding hydrogens is 206 g/mol. The van der Waals surface area contributed by atoms with Gasteiger partial charge in [0.2, 0.25) is 0 Å². The average molecular weight is 227 g/mol. The molecule has 1 rings (SSSR count). The first-order valence-electron chi connectivity index (χ1n) is 5.35. The molecule has 1 aromatic rings. The van der Waals surface area contributed by atoms with E-state index in [1.54, 1.807) is 11.3 Å². The number of hydrogen-bond donors (Lipinski definition) is 2. The van der Waals surface area contributed by atoms with Crippen LogP contribution in [0.5, 0.6) is 0 Å². The first kappa shape index (κ1) is 12.6. The van der Waals surface area contributed by atoms with Gasteiger partial charge < -0.3 is 11.1 Å². The molecule has 0 aliphatic rings. The third kappa shape index (κ3) is 4.28. The highest BCUT2D eigenvalue weighted by atomic mass is 32.1. The molecule has 1 atom stereocenters. The normalized spacial score (nSPS) is 14.1. The zero-order valence-electron chi connectivity index (χ0n) is 9.79. The maximum atomic E-state index is 5.67. The monoisotopic (exact) mass is 227 g/mol. The molecule has 0 bridgehead atoms. The zero-order chi connectivity index (χ0) is 11.3. The van der Waals surface area contributed by atoms with E-state index < -0.39 is 0 Å². The summed E-state index contributed by atoms with van der Waals surface area (Å²) in [5.74, 6) is 0.485. The van der Waals surface area contributed by atoms with Crippen LogP contribution in [0.25, 0.3) is 0 Å². The Morgan fingerprint density at radius 1 is 1.60 bits per heavy atom. The molecule has 0 saturated carbocycles. The summed E-state index contributed by atoms with van der Waals surface area (Å²) in [6.07, 6.45) is 1.86. The van der Waals surface area contributed by atoms with Crippen molar-refractivity contribution in [1.29, 1.82) is 0 Å². The fraction of sp³-hybridized carbons (Fsp3) is 0.727. The molecule has 0 aliphatic carbocycles. The highest BCUT2D eigenvalue weighted by molar-refractivity contribution is 7.09.